The van der Waals surface area contributed by atoms with Crippen LogP contribution in [-0.4, -0.2) is 59.4 Å². The standard InChI is InChI=1S/C20H26N4O4/c1-13-9-17(23(3)22-13)20(26)24-11-16-10-15(19(25)21-7-8-27-4)5-6-18(16)28-12-14(24)2/h5-6,9-10,14H,7-8,11-12H2,1-4H3,(H,21,25)/t14-/m0/s1. The summed E-state index contributed by atoms with van der Waals surface area (Å²) in [5.41, 5.74) is 2.65. The minimum absolute atomic E-state index is 0.109. The summed E-state index contributed by atoms with van der Waals surface area (Å²) in [7, 11) is 3.35. The number of nitrogens with one attached hydrogen (secondary N) is 1. The maximum Gasteiger partial charge on any atom is 0.272 e. The SMILES string of the molecule is COCCNC(=O)c1ccc2c(c1)CN(C(=O)c1cc(C)nn1C)[C@@H](C)CO2. The van der Waals surface area contributed by atoms with Crippen LogP contribution < -0.4 is 10.1 Å². The normalized spacial score (nSPS) is 16.1. The van der Waals surface area contributed by atoms with Crippen LogP contribution in [0.2, 0.25) is 0 Å². The van der Waals surface area contributed by atoms with Crippen LogP contribution >= 0.6 is 0 Å². The van der Waals surface area contributed by atoms with Gasteiger partial charge in [0.2, 0.25) is 0 Å². The molecule has 0 saturated carbocycles. The Hall–Kier alpha value is -2.87. The second-order valence-corrected chi connectivity index (χ2v) is 6.96. The van der Waals surface area contributed by atoms with E-state index in [1.54, 1.807) is 48.0 Å². The predicted molar refractivity (Wildman–Crippen MR) is 103 cm³/mol. The fourth-order valence-electron chi connectivity index (χ4n) is 3.22. The molecule has 8 nitrogen and oxygen atoms in total. The molecule has 1 atom stereocenters. The van der Waals surface area contributed by atoms with E-state index in [1.807, 2.05) is 13.8 Å². The Morgan fingerprint density at radius 2 is 2.14 bits per heavy atom. The number of aromatic nitrogens is 2. The van der Waals surface area contributed by atoms with Crippen LogP contribution in [0.1, 0.15) is 39.0 Å². The Morgan fingerprint density at radius 1 is 1.36 bits per heavy atom. The van der Waals surface area contributed by atoms with E-state index in [0.29, 0.717) is 43.3 Å². The number of rotatable bonds is 5. The second kappa shape index (κ2) is 8.43. The molecule has 0 fully saturated rings. The zero-order valence-corrected chi connectivity index (χ0v) is 16.7. The van der Waals surface area contributed by atoms with Crippen molar-refractivity contribution in [3.05, 3.63) is 46.8 Å². The van der Waals surface area contributed by atoms with Crippen molar-refractivity contribution in [2.24, 2.45) is 7.05 Å². The lowest BCUT2D eigenvalue weighted by Crippen LogP contribution is -2.40. The molecule has 0 aliphatic carbocycles. The number of carbonyl (C=O) groups is 2. The average Bonchev–Trinajstić information content (AvgIpc) is 2.92. The van der Waals surface area contributed by atoms with Crippen molar-refractivity contribution in [3.63, 3.8) is 0 Å². The van der Waals surface area contributed by atoms with Crippen LogP contribution in [0, 0.1) is 6.92 Å². The van der Waals surface area contributed by atoms with Gasteiger partial charge >= 0.3 is 0 Å². The summed E-state index contributed by atoms with van der Waals surface area (Å²) < 4.78 is 12.4. The van der Waals surface area contributed by atoms with E-state index in [-0.39, 0.29) is 17.9 Å². The highest BCUT2D eigenvalue weighted by Gasteiger charge is 2.28. The van der Waals surface area contributed by atoms with Gasteiger partial charge < -0.3 is 19.7 Å². The Kier molecular flexibility index (Phi) is 5.99. The highest BCUT2D eigenvalue weighted by molar-refractivity contribution is 5.95. The third kappa shape index (κ3) is 4.17. The number of aryl methyl sites for hydroxylation is 2. The molecule has 0 bridgehead atoms. The highest BCUT2D eigenvalue weighted by atomic mass is 16.5. The molecule has 1 aliphatic rings. The quantitative estimate of drug-likeness (QED) is 0.788. The average molecular weight is 386 g/mol. The number of ether oxygens (including phenoxy) is 2. The molecule has 150 valence electrons. The molecule has 0 spiro atoms. The summed E-state index contributed by atoms with van der Waals surface area (Å²) in [5.74, 6) is 0.399. The molecule has 1 aromatic heterocycles. The number of hydrogen-bond donors (Lipinski definition) is 1. The number of hydrogen-bond acceptors (Lipinski definition) is 5. The molecule has 0 unspecified atom stereocenters. The van der Waals surface area contributed by atoms with E-state index in [4.69, 9.17) is 9.47 Å². The lowest BCUT2D eigenvalue weighted by molar-refractivity contribution is 0.0634. The summed E-state index contributed by atoms with van der Waals surface area (Å²) in [6.07, 6.45) is 0. The maximum atomic E-state index is 13.1. The molecule has 3 rings (SSSR count). The summed E-state index contributed by atoms with van der Waals surface area (Å²) in [5, 5.41) is 7.07. The van der Waals surface area contributed by atoms with Gasteiger partial charge in [-0.25, -0.2) is 0 Å². The van der Waals surface area contributed by atoms with Crippen LogP contribution in [0.4, 0.5) is 0 Å². The van der Waals surface area contributed by atoms with Crippen molar-refractivity contribution in [2.45, 2.75) is 26.4 Å². The molecule has 8 heteroatoms. The first kappa shape index (κ1) is 19.9. The van der Waals surface area contributed by atoms with Gasteiger partial charge in [0.05, 0.1) is 24.9 Å². The lowest BCUT2D eigenvalue weighted by atomic mass is 10.1. The molecule has 2 heterocycles. The molecule has 1 N–H and O–H groups in total. The Labute approximate surface area is 164 Å². The predicted octanol–water partition coefficient (Wildman–Crippen LogP) is 1.53. The van der Waals surface area contributed by atoms with Gasteiger partial charge in [-0.05, 0) is 38.1 Å². The maximum absolute atomic E-state index is 13.1. The van der Waals surface area contributed by atoms with Crippen LogP contribution in [0.15, 0.2) is 24.3 Å². The zero-order valence-electron chi connectivity index (χ0n) is 16.7. The molecular formula is C20H26N4O4. The zero-order chi connectivity index (χ0) is 20.3. The minimum atomic E-state index is -0.183. The number of carbonyl (C=O) groups excluding carboxylic acids is 2. The van der Waals surface area contributed by atoms with Crippen LogP contribution in [0.5, 0.6) is 5.75 Å². The molecular weight excluding hydrogens is 360 g/mol. The van der Waals surface area contributed by atoms with Crippen LogP contribution in [0.25, 0.3) is 0 Å². The summed E-state index contributed by atoms with van der Waals surface area (Å²) >= 11 is 0. The number of methoxy groups -OCH3 is 1. The highest BCUT2D eigenvalue weighted by Crippen LogP contribution is 2.27. The van der Waals surface area contributed by atoms with Crippen LogP contribution in [0.3, 0.4) is 0 Å². The van der Waals surface area contributed by atoms with Crippen molar-refractivity contribution >= 4 is 11.8 Å². The van der Waals surface area contributed by atoms with Crippen LogP contribution in [-0.2, 0) is 18.3 Å². The van der Waals surface area contributed by atoms with Gasteiger partial charge in [-0.2, -0.15) is 5.10 Å². The van der Waals surface area contributed by atoms with Gasteiger partial charge in [-0.3, -0.25) is 14.3 Å². The first-order valence-corrected chi connectivity index (χ1v) is 9.25. The van der Waals surface area contributed by atoms with Gasteiger partial charge in [-0.1, -0.05) is 0 Å². The fraction of sp³-hybridized carbons (Fsp3) is 0.450. The monoisotopic (exact) mass is 386 g/mol. The molecule has 28 heavy (non-hydrogen) atoms. The van der Waals surface area contributed by atoms with Gasteiger partial charge in [0.25, 0.3) is 11.8 Å². The Balaban J connectivity index is 1.84. The van der Waals surface area contributed by atoms with Crippen molar-refractivity contribution in [1.82, 2.24) is 20.0 Å². The van der Waals surface area contributed by atoms with E-state index in [0.717, 1.165) is 11.3 Å². The molecule has 2 aromatic rings. The van der Waals surface area contributed by atoms with E-state index in [9.17, 15) is 9.59 Å². The first-order valence-electron chi connectivity index (χ1n) is 9.25. The lowest BCUT2D eigenvalue weighted by Gasteiger charge is -2.26. The van der Waals surface area contributed by atoms with Crippen molar-refractivity contribution < 1.29 is 19.1 Å². The summed E-state index contributed by atoms with van der Waals surface area (Å²) in [6, 6.07) is 6.96. The molecule has 0 saturated heterocycles. The Morgan fingerprint density at radius 3 is 2.82 bits per heavy atom. The van der Waals surface area contributed by atoms with Gasteiger partial charge in [0.1, 0.15) is 18.1 Å². The van der Waals surface area contributed by atoms with Gasteiger partial charge in [-0.15, -0.1) is 0 Å². The molecule has 0 radical (unpaired) electrons. The van der Waals surface area contributed by atoms with Gasteiger partial charge in [0, 0.05) is 31.8 Å². The summed E-state index contributed by atoms with van der Waals surface area (Å²) in [4.78, 5) is 27.2. The number of nitrogens with zero attached hydrogens (tertiary/aromatic N) is 3. The number of benzene rings is 1. The third-order valence-corrected chi connectivity index (χ3v) is 4.75. The third-order valence-electron chi connectivity index (χ3n) is 4.75. The second-order valence-electron chi connectivity index (χ2n) is 6.96. The fourth-order valence-corrected chi connectivity index (χ4v) is 3.22. The van der Waals surface area contributed by atoms with Crippen molar-refractivity contribution in [3.8, 4) is 5.75 Å². The number of amides is 2. The first-order chi connectivity index (χ1) is 13.4. The molecule has 2 amide bonds. The smallest absolute Gasteiger partial charge is 0.272 e. The van der Waals surface area contributed by atoms with Gasteiger partial charge in [0.15, 0.2) is 0 Å². The van der Waals surface area contributed by atoms with E-state index in [1.165, 1.54) is 0 Å². The minimum Gasteiger partial charge on any atom is -0.491 e. The molecule has 1 aromatic carbocycles. The van der Waals surface area contributed by atoms with E-state index < -0.39 is 0 Å². The summed E-state index contributed by atoms with van der Waals surface area (Å²) in [6.45, 7) is 5.43. The Bertz CT molecular complexity index is 877. The van der Waals surface area contributed by atoms with Crippen molar-refractivity contribution in [2.75, 3.05) is 26.9 Å². The molecule has 1 aliphatic heterocycles. The largest absolute Gasteiger partial charge is 0.491 e. The van der Waals surface area contributed by atoms with Crippen molar-refractivity contribution in [1.29, 1.82) is 0 Å². The number of fused-ring (bicyclic) bond motifs is 1. The van der Waals surface area contributed by atoms with E-state index >= 15 is 0 Å². The topological polar surface area (TPSA) is 85.7 Å². The van der Waals surface area contributed by atoms with E-state index in [2.05, 4.69) is 10.4 Å².